The Morgan fingerprint density at radius 1 is 1.06 bits per heavy atom. The third kappa shape index (κ3) is 6.00. The molecule has 4 rings (SSSR count). The number of nitrogens with zero attached hydrogens (tertiary/aromatic N) is 6. The Morgan fingerprint density at radius 3 is 2.42 bits per heavy atom. The first-order chi connectivity index (χ1) is 13.9. The van der Waals surface area contributed by atoms with Crippen LogP contribution in [0.3, 0.4) is 0 Å². The van der Waals surface area contributed by atoms with Crippen molar-refractivity contribution < 1.29 is 5.11 Å². The second-order valence-electron chi connectivity index (χ2n) is 8.27. The highest BCUT2D eigenvalue weighted by Crippen LogP contribution is 2.31. The summed E-state index contributed by atoms with van der Waals surface area (Å²) in [5.74, 6) is 1.26. The molecule has 0 amide bonds. The van der Waals surface area contributed by atoms with Gasteiger partial charge in [-0.3, -0.25) is 0 Å². The van der Waals surface area contributed by atoms with Gasteiger partial charge in [-0.05, 0) is 45.4 Å². The molecule has 1 aromatic carbocycles. The van der Waals surface area contributed by atoms with E-state index in [1.54, 1.807) is 36.8 Å². The Bertz CT molecular complexity index is 981. The van der Waals surface area contributed by atoms with E-state index in [1.165, 1.54) is 0 Å². The molecule has 3 aromatic rings. The largest absolute Gasteiger partial charge is 0.507 e. The molecule has 31 heavy (non-hydrogen) atoms. The predicted molar refractivity (Wildman–Crippen MR) is 126 cm³/mol. The quantitative estimate of drug-likeness (QED) is 0.605. The van der Waals surface area contributed by atoms with E-state index in [0.717, 1.165) is 25.1 Å². The summed E-state index contributed by atoms with van der Waals surface area (Å²) in [4.78, 5) is 15.0. The van der Waals surface area contributed by atoms with Gasteiger partial charge in [0.2, 0.25) is 5.95 Å². The molecule has 3 heterocycles. The van der Waals surface area contributed by atoms with E-state index in [4.69, 9.17) is 0 Å². The first-order valence-corrected chi connectivity index (χ1v) is 9.72. The van der Waals surface area contributed by atoms with Crippen LogP contribution in [0.25, 0.3) is 22.6 Å². The van der Waals surface area contributed by atoms with Crippen LogP contribution in [0, 0.1) is 0 Å². The molecular weight excluding hydrogens is 437 g/mol. The molecular formula is C21H27Cl2N7O. The average Bonchev–Trinajstić information content (AvgIpc) is 3.15. The molecule has 1 unspecified atom stereocenters. The zero-order valence-electron chi connectivity index (χ0n) is 17.7. The highest BCUT2D eigenvalue weighted by Gasteiger charge is 2.27. The molecule has 1 saturated heterocycles. The maximum atomic E-state index is 10.5. The third-order valence-electron chi connectivity index (χ3n) is 4.76. The number of benzene rings is 1. The van der Waals surface area contributed by atoms with Crippen LogP contribution in [0.15, 0.2) is 42.9 Å². The molecule has 0 spiro atoms. The molecule has 0 radical (unpaired) electrons. The van der Waals surface area contributed by atoms with Gasteiger partial charge in [0, 0.05) is 48.2 Å². The van der Waals surface area contributed by atoms with Gasteiger partial charge in [-0.25, -0.2) is 15.0 Å². The van der Waals surface area contributed by atoms with Crippen molar-refractivity contribution >= 4 is 30.8 Å². The van der Waals surface area contributed by atoms with Crippen molar-refractivity contribution in [2.24, 2.45) is 0 Å². The van der Waals surface area contributed by atoms with Gasteiger partial charge in [0.05, 0.1) is 6.20 Å². The van der Waals surface area contributed by atoms with Gasteiger partial charge >= 0.3 is 0 Å². The van der Waals surface area contributed by atoms with Crippen molar-refractivity contribution in [1.29, 1.82) is 0 Å². The van der Waals surface area contributed by atoms with Crippen LogP contribution in [0.2, 0.25) is 0 Å². The number of anilines is 1. The molecule has 0 bridgehead atoms. The minimum atomic E-state index is 0. The number of hydrogen-bond donors (Lipinski definition) is 2. The van der Waals surface area contributed by atoms with Crippen LogP contribution >= 0.6 is 24.8 Å². The molecule has 10 heteroatoms. The number of phenolic OH excluding ortho intramolecular Hbond substituents is 1. The Labute approximate surface area is 194 Å². The topological polar surface area (TPSA) is 100.0 Å². The molecule has 8 nitrogen and oxygen atoms in total. The Hall–Kier alpha value is -2.55. The van der Waals surface area contributed by atoms with Gasteiger partial charge in [0.25, 0.3) is 0 Å². The second kappa shape index (κ2) is 10.2. The van der Waals surface area contributed by atoms with Gasteiger partial charge in [-0.1, -0.05) is 6.07 Å². The number of aromatic nitrogens is 5. The third-order valence-corrected chi connectivity index (χ3v) is 4.76. The summed E-state index contributed by atoms with van der Waals surface area (Å²) in [6.45, 7) is 8.26. The first-order valence-electron chi connectivity index (χ1n) is 9.72. The van der Waals surface area contributed by atoms with Crippen LogP contribution in [-0.4, -0.2) is 54.9 Å². The molecule has 1 atom stereocenters. The predicted octanol–water partition coefficient (Wildman–Crippen LogP) is 3.51. The van der Waals surface area contributed by atoms with Crippen molar-refractivity contribution in [3.8, 4) is 28.4 Å². The Morgan fingerprint density at radius 2 is 1.81 bits per heavy atom. The number of phenols is 1. The molecule has 0 saturated carbocycles. The molecule has 2 N–H and O–H groups in total. The van der Waals surface area contributed by atoms with E-state index in [9.17, 15) is 5.11 Å². The van der Waals surface area contributed by atoms with Gasteiger partial charge < -0.3 is 15.3 Å². The fraction of sp³-hybridized carbons (Fsp3) is 0.381. The summed E-state index contributed by atoms with van der Waals surface area (Å²) in [6.07, 6.45) is 6.04. The summed E-state index contributed by atoms with van der Waals surface area (Å²) in [7, 11) is 0. The number of nitrogens with one attached hydrogen (secondary N) is 1. The monoisotopic (exact) mass is 463 g/mol. The summed E-state index contributed by atoms with van der Waals surface area (Å²) in [5.41, 5.74) is 1.91. The van der Waals surface area contributed by atoms with Crippen molar-refractivity contribution in [1.82, 2.24) is 30.5 Å². The zero-order chi connectivity index (χ0) is 20.4. The summed E-state index contributed by atoms with van der Waals surface area (Å²) in [5, 5.41) is 22.7. The fourth-order valence-electron chi connectivity index (χ4n) is 3.55. The highest BCUT2D eigenvalue weighted by atomic mass is 35.5. The van der Waals surface area contributed by atoms with E-state index in [1.807, 2.05) is 6.07 Å². The minimum absolute atomic E-state index is 0. The van der Waals surface area contributed by atoms with Crippen LogP contribution in [0.4, 0.5) is 5.95 Å². The number of hydrogen-bond acceptors (Lipinski definition) is 8. The van der Waals surface area contributed by atoms with E-state index < -0.39 is 0 Å². The highest BCUT2D eigenvalue weighted by molar-refractivity contribution is 5.85. The summed E-state index contributed by atoms with van der Waals surface area (Å²) < 4.78 is 0. The SMILES string of the molecule is CC(C)(C)NC1CCN(c2ncc(-c3ccc(-c4ncccn4)cc3O)nn2)C1.Cl.Cl. The van der Waals surface area contributed by atoms with E-state index in [2.05, 4.69) is 56.1 Å². The first kappa shape index (κ1) is 24.7. The van der Waals surface area contributed by atoms with Gasteiger partial charge in [0.15, 0.2) is 5.82 Å². The van der Waals surface area contributed by atoms with Crippen LogP contribution in [0.5, 0.6) is 5.75 Å². The van der Waals surface area contributed by atoms with Gasteiger partial charge in [-0.15, -0.1) is 35.0 Å². The Kier molecular flexibility index (Phi) is 8.11. The molecule has 1 aliphatic rings. The lowest BCUT2D eigenvalue weighted by Crippen LogP contribution is -2.45. The molecule has 166 valence electrons. The number of rotatable bonds is 4. The van der Waals surface area contributed by atoms with Crippen molar-refractivity contribution in [3.63, 3.8) is 0 Å². The number of halogens is 2. The number of aromatic hydroxyl groups is 1. The Balaban J connectivity index is 0.00000171. The maximum Gasteiger partial charge on any atom is 0.245 e. The lowest BCUT2D eigenvalue weighted by molar-refractivity contribution is 0.373. The molecule has 1 fully saturated rings. The lowest BCUT2D eigenvalue weighted by Gasteiger charge is -2.25. The van der Waals surface area contributed by atoms with Gasteiger partial charge in [-0.2, -0.15) is 0 Å². The molecule has 1 aliphatic heterocycles. The molecule has 0 aliphatic carbocycles. The average molecular weight is 464 g/mol. The standard InChI is InChI=1S/C21H25N7O.2ClH/c1-21(2,3)25-15-7-10-28(13-15)20-24-12-17(26-27-20)16-6-5-14(11-18(16)29)19-22-8-4-9-23-19;;/h4-6,8-9,11-12,15,25,29H,7,10,13H2,1-3H3;2*1H. The molecule has 2 aromatic heterocycles. The van der Waals surface area contributed by atoms with Gasteiger partial charge in [0.1, 0.15) is 11.4 Å². The van der Waals surface area contributed by atoms with Crippen molar-refractivity contribution in [3.05, 3.63) is 42.9 Å². The second-order valence-corrected chi connectivity index (χ2v) is 8.27. The summed E-state index contributed by atoms with van der Waals surface area (Å²) >= 11 is 0. The van der Waals surface area contributed by atoms with Crippen LogP contribution < -0.4 is 10.2 Å². The van der Waals surface area contributed by atoms with Crippen molar-refractivity contribution in [2.45, 2.75) is 38.8 Å². The normalized spacial score (nSPS) is 15.8. The van der Waals surface area contributed by atoms with E-state index >= 15 is 0 Å². The van der Waals surface area contributed by atoms with E-state index in [0.29, 0.717) is 29.1 Å². The minimum Gasteiger partial charge on any atom is -0.507 e. The lowest BCUT2D eigenvalue weighted by atomic mass is 10.1. The van der Waals surface area contributed by atoms with Crippen LogP contribution in [0.1, 0.15) is 27.2 Å². The maximum absolute atomic E-state index is 10.5. The van der Waals surface area contributed by atoms with E-state index in [-0.39, 0.29) is 36.1 Å². The van der Waals surface area contributed by atoms with Crippen molar-refractivity contribution in [2.75, 3.05) is 18.0 Å². The summed E-state index contributed by atoms with van der Waals surface area (Å²) in [6, 6.07) is 7.43. The van der Waals surface area contributed by atoms with Crippen LogP contribution in [-0.2, 0) is 0 Å². The smallest absolute Gasteiger partial charge is 0.245 e. The zero-order valence-corrected chi connectivity index (χ0v) is 19.3. The fourth-order valence-corrected chi connectivity index (χ4v) is 3.55.